The first-order valence-corrected chi connectivity index (χ1v) is 9.49. The molecule has 0 aliphatic carbocycles. The molecule has 0 fully saturated rings. The molecule has 28 heavy (non-hydrogen) atoms. The van der Waals surface area contributed by atoms with Crippen LogP contribution in [-0.4, -0.2) is 15.2 Å². The van der Waals surface area contributed by atoms with Crippen LogP contribution in [0.2, 0.25) is 0 Å². The standard InChI is InChI=1S/C20H16FN3O3S/c1-13-5-7-17(8-6-13)25-11-18-23-24-20(27-18)28-12-16-10-26-19(22-16)14-3-2-4-15(21)9-14/h2-10H,11-12H2,1H3. The molecule has 2 heterocycles. The fourth-order valence-electron chi connectivity index (χ4n) is 2.40. The van der Waals surface area contributed by atoms with Crippen molar-refractivity contribution in [2.45, 2.75) is 24.5 Å². The molecule has 0 saturated carbocycles. The van der Waals surface area contributed by atoms with E-state index >= 15 is 0 Å². The highest BCUT2D eigenvalue weighted by Crippen LogP contribution is 2.25. The molecule has 6 nitrogen and oxygen atoms in total. The highest BCUT2D eigenvalue weighted by Gasteiger charge is 2.11. The Morgan fingerprint density at radius 2 is 1.96 bits per heavy atom. The van der Waals surface area contributed by atoms with Crippen molar-refractivity contribution in [3.63, 3.8) is 0 Å². The summed E-state index contributed by atoms with van der Waals surface area (Å²) in [5.41, 5.74) is 2.45. The predicted molar refractivity (Wildman–Crippen MR) is 101 cm³/mol. The molecule has 0 amide bonds. The number of rotatable bonds is 7. The molecule has 8 heteroatoms. The third-order valence-corrected chi connectivity index (χ3v) is 4.65. The Labute approximate surface area is 164 Å². The lowest BCUT2D eigenvalue weighted by Gasteiger charge is -2.02. The smallest absolute Gasteiger partial charge is 0.277 e. The van der Waals surface area contributed by atoms with Crippen molar-refractivity contribution in [2.75, 3.05) is 0 Å². The van der Waals surface area contributed by atoms with Crippen molar-refractivity contribution >= 4 is 11.8 Å². The lowest BCUT2D eigenvalue weighted by Crippen LogP contribution is -1.95. The van der Waals surface area contributed by atoms with E-state index in [4.69, 9.17) is 13.6 Å². The molecule has 0 atom stereocenters. The van der Waals surface area contributed by atoms with Gasteiger partial charge in [0.25, 0.3) is 11.1 Å². The molecule has 0 radical (unpaired) electrons. The largest absolute Gasteiger partial charge is 0.484 e. The lowest BCUT2D eigenvalue weighted by molar-refractivity contribution is 0.252. The second kappa shape index (κ2) is 8.26. The number of aromatic nitrogens is 3. The van der Waals surface area contributed by atoms with Crippen LogP contribution in [0.15, 0.2) is 68.9 Å². The molecule has 0 saturated heterocycles. The van der Waals surface area contributed by atoms with E-state index in [2.05, 4.69) is 15.2 Å². The summed E-state index contributed by atoms with van der Waals surface area (Å²) in [6, 6.07) is 13.8. The van der Waals surface area contributed by atoms with E-state index in [-0.39, 0.29) is 12.4 Å². The zero-order valence-corrected chi connectivity index (χ0v) is 15.8. The minimum absolute atomic E-state index is 0.199. The number of hydrogen-bond donors (Lipinski definition) is 0. The van der Waals surface area contributed by atoms with Crippen LogP contribution in [0.3, 0.4) is 0 Å². The summed E-state index contributed by atoms with van der Waals surface area (Å²) in [6.07, 6.45) is 1.53. The molecular formula is C20H16FN3O3S. The van der Waals surface area contributed by atoms with Gasteiger partial charge in [-0.15, -0.1) is 10.2 Å². The van der Waals surface area contributed by atoms with Crippen LogP contribution in [0.1, 0.15) is 17.1 Å². The average molecular weight is 397 g/mol. The van der Waals surface area contributed by atoms with Crippen LogP contribution in [0.5, 0.6) is 5.75 Å². The first-order valence-electron chi connectivity index (χ1n) is 8.51. The van der Waals surface area contributed by atoms with Crippen molar-refractivity contribution in [3.8, 4) is 17.2 Å². The van der Waals surface area contributed by atoms with Crippen LogP contribution in [-0.2, 0) is 12.4 Å². The minimum atomic E-state index is -0.335. The van der Waals surface area contributed by atoms with Crippen LogP contribution >= 0.6 is 11.8 Å². The predicted octanol–water partition coefficient (Wildman–Crippen LogP) is 5.04. The summed E-state index contributed by atoms with van der Waals surface area (Å²) < 4.78 is 29.9. The van der Waals surface area contributed by atoms with Gasteiger partial charge in [-0.25, -0.2) is 9.37 Å². The minimum Gasteiger partial charge on any atom is -0.484 e. The normalized spacial score (nSPS) is 10.9. The molecule has 0 aliphatic heterocycles. The summed E-state index contributed by atoms with van der Waals surface area (Å²) in [5.74, 6) is 1.65. The van der Waals surface area contributed by atoms with Crippen LogP contribution in [0.4, 0.5) is 4.39 Å². The van der Waals surface area contributed by atoms with Gasteiger partial charge < -0.3 is 13.6 Å². The fraction of sp³-hybridized carbons (Fsp3) is 0.150. The molecule has 0 unspecified atom stereocenters. The number of oxazole rings is 1. The Morgan fingerprint density at radius 3 is 2.79 bits per heavy atom. The SMILES string of the molecule is Cc1ccc(OCc2nnc(SCc3coc(-c4cccc(F)c4)n3)o2)cc1. The summed E-state index contributed by atoms with van der Waals surface area (Å²) in [7, 11) is 0. The number of aryl methyl sites for hydroxylation is 1. The summed E-state index contributed by atoms with van der Waals surface area (Å²) in [4.78, 5) is 4.36. The third-order valence-electron chi connectivity index (χ3n) is 3.80. The Hall–Kier alpha value is -3.13. The van der Waals surface area contributed by atoms with E-state index in [0.29, 0.717) is 34.0 Å². The van der Waals surface area contributed by atoms with Crippen molar-refractivity contribution in [3.05, 3.63) is 77.8 Å². The first-order chi connectivity index (χ1) is 13.7. The van der Waals surface area contributed by atoms with Crippen LogP contribution < -0.4 is 4.74 Å². The summed E-state index contributed by atoms with van der Waals surface area (Å²) in [6.45, 7) is 2.21. The molecule has 0 bridgehead atoms. The summed E-state index contributed by atoms with van der Waals surface area (Å²) in [5, 5.41) is 8.38. The Kier molecular flexibility index (Phi) is 5.38. The van der Waals surface area contributed by atoms with Crippen LogP contribution in [0.25, 0.3) is 11.5 Å². The van der Waals surface area contributed by atoms with Crippen LogP contribution in [0, 0.1) is 12.7 Å². The van der Waals surface area contributed by atoms with Gasteiger partial charge in [0.2, 0.25) is 5.89 Å². The molecule has 0 spiro atoms. The molecule has 0 aliphatic rings. The number of halogens is 1. The van der Waals surface area contributed by atoms with E-state index < -0.39 is 0 Å². The van der Waals surface area contributed by atoms with Gasteiger partial charge in [0.1, 0.15) is 17.8 Å². The first kappa shape index (κ1) is 18.2. The number of hydrogen-bond acceptors (Lipinski definition) is 7. The number of nitrogens with zero attached hydrogens (tertiary/aromatic N) is 3. The molecule has 0 N–H and O–H groups in total. The van der Waals surface area contributed by atoms with Gasteiger partial charge in [-0.05, 0) is 37.3 Å². The molecule has 2 aromatic heterocycles. The molecule has 4 rings (SSSR count). The van der Waals surface area contributed by atoms with E-state index in [1.165, 1.54) is 30.2 Å². The third kappa shape index (κ3) is 4.58. The maximum Gasteiger partial charge on any atom is 0.277 e. The van der Waals surface area contributed by atoms with Crippen molar-refractivity contribution in [1.29, 1.82) is 0 Å². The number of ether oxygens (including phenoxy) is 1. The van der Waals surface area contributed by atoms with Crippen molar-refractivity contribution in [1.82, 2.24) is 15.2 Å². The topological polar surface area (TPSA) is 74.2 Å². The Bertz CT molecular complexity index is 1060. The van der Waals surface area contributed by atoms with Gasteiger partial charge in [-0.2, -0.15) is 0 Å². The van der Waals surface area contributed by atoms with Gasteiger partial charge in [0.15, 0.2) is 6.61 Å². The molecule has 4 aromatic rings. The van der Waals surface area contributed by atoms with Crippen molar-refractivity contribution in [2.24, 2.45) is 0 Å². The molecular weight excluding hydrogens is 381 g/mol. The number of thioether (sulfide) groups is 1. The average Bonchev–Trinajstić information content (AvgIpc) is 3.35. The van der Waals surface area contributed by atoms with Gasteiger partial charge in [-0.3, -0.25) is 0 Å². The quantitative estimate of drug-likeness (QED) is 0.404. The lowest BCUT2D eigenvalue weighted by atomic mass is 10.2. The van der Waals surface area contributed by atoms with E-state index in [1.807, 2.05) is 31.2 Å². The second-order valence-corrected chi connectivity index (χ2v) is 6.93. The zero-order chi connectivity index (χ0) is 19.3. The maximum atomic E-state index is 13.3. The van der Waals surface area contributed by atoms with E-state index in [9.17, 15) is 4.39 Å². The van der Waals surface area contributed by atoms with Crippen molar-refractivity contribution < 1.29 is 18.0 Å². The highest BCUT2D eigenvalue weighted by atomic mass is 32.2. The molecule has 2 aromatic carbocycles. The van der Waals surface area contributed by atoms with E-state index in [0.717, 1.165) is 11.3 Å². The number of benzene rings is 2. The van der Waals surface area contributed by atoms with Gasteiger partial charge in [0.05, 0.1) is 5.69 Å². The maximum absolute atomic E-state index is 13.3. The second-order valence-electron chi connectivity index (χ2n) is 6.01. The monoisotopic (exact) mass is 397 g/mol. The zero-order valence-electron chi connectivity index (χ0n) is 15.0. The van der Waals surface area contributed by atoms with Gasteiger partial charge in [-0.1, -0.05) is 35.5 Å². The van der Waals surface area contributed by atoms with Gasteiger partial charge in [0, 0.05) is 11.3 Å². The van der Waals surface area contributed by atoms with Gasteiger partial charge >= 0.3 is 0 Å². The Balaban J connectivity index is 1.31. The fourth-order valence-corrected chi connectivity index (χ4v) is 3.06. The molecule has 142 valence electrons. The highest BCUT2D eigenvalue weighted by molar-refractivity contribution is 7.98. The summed E-state index contributed by atoms with van der Waals surface area (Å²) >= 11 is 1.34. The van der Waals surface area contributed by atoms with E-state index in [1.54, 1.807) is 12.1 Å². The Morgan fingerprint density at radius 1 is 1.11 bits per heavy atom.